The van der Waals surface area contributed by atoms with Crippen LogP contribution in [0.5, 0.6) is 0 Å². The molecule has 2 aromatic carbocycles. The Bertz CT molecular complexity index is 788. The van der Waals surface area contributed by atoms with Crippen LogP contribution in [0.4, 0.5) is 0 Å². The fourth-order valence-corrected chi connectivity index (χ4v) is 2.55. The van der Waals surface area contributed by atoms with Crippen molar-refractivity contribution in [2.75, 3.05) is 6.61 Å². The van der Waals surface area contributed by atoms with Crippen LogP contribution in [-0.4, -0.2) is 17.1 Å². The third kappa shape index (κ3) is 2.42. The Balaban J connectivity index is 2.28. The molecule has 0 fully saturated rings. The lowest BCUT2D eigenvalue weighted by atomic mass is 10.2. The van der Waals surface area contributed by atoms with Gasteiger partial charge in [-0.2, -0.15) is 0 Å². The number of rotatable bonds is 3. The first-order chi connectivity index (χ1) is 10.2. The molecule has 3 aromatic rings. The zero-order valence-corrected chi connectivity index (χ0v) is 12.2. The lowest BCUT2D eigenvalue weighted by Gasteiger charge is -2.10. The number of aryl methyl sites for hydroxylation is 1. The molecule has 0 radical (unpaired) electrons. The van der Waals surface area contributed by atoms with E-state index in [-0.39, 0.29) is 5.97 Å². The summed E-state index contributed by atoms with van der Waals surface area (Å²) in [6.45, 7) is 4.23. The molecule has 3 heteroatoms. The van der Waals surface area contributed by atoms with E-state index in [2.05, 4.69) is 12.1 Å². The van der Waals surface area contributed by atoms with Gasteiger partial charge in [0.25, 0.3) is 0 Å². The van der Waals surface area contributed by atoms with Crippen LogP contribution in [0, 0.1) is 6.92 Å². The van der Waals surface area contributed by atoms with Crippen LogP contribution in [0.25, 0.3) is 16.6 Å². The third-order valence-corrected chi connectivity index (χ3v) is 3.46. The van der Waals surface area contributed by atoms with E-state index in [0.717, 1.165) is 16.6 Å². The maximum Gasteiger partial charge on any atom is 0.355 e. The minimum Gasteiger partial charge on any atom is -0.461 e. The molecule has 0 aliphatic rings. The molecule has 3 nitrogen and oxygen atoms in total. The largest absolute Gasteiger partial charge is 0.461 e. The number of hydrogen-bond acceptors (Lipinski definition) is 2. The molecular weight excluding hydrogens is 262 g/mol. The fraction of sp³-hybridized carbons (Fsp3) is 0.167. The molecule has 106 valence electrons. The standard InChI is InChI=1S/C18H17NO2/c1-3-21-18(20)17-12-14-11-13(2)9-10-16(14)19(17)15-7-5-4-6-8-15/h4-12H,3H2,1-2H3. The van der Waals surface area contributed by atoms with Crippen LogP contribution in [0.2, 0.25) is 0 Å². The maximum atomic E-state index is 12.3. The minimum absolute atomic E-state index is 0.296. The van der Waals surface area contributed by atoms with Crippen LogP contribution in [0.1, 0.15) is 23.0 Å². The number of hydrogen-bond donors (Lipinski definition) is 0. The quantitative estimate of drug-likeness (QED) is 0.675. The van der Waals surface area contributed by atoms with Crippen molar-refractivity contribution in [1.82, 2.24) is 4.57 Å². The molecule has 0 unspecified atom stereocenters. The van der Waals surface area contributed by atoms with E-state index < -0.39 is 0 Å². The number of aromatic nitrogens is 1. The Kier molecular flexibility index (Phi) is 3.48. The molecule has 0 saturated carbocycles. The highest BCUT2D eigenvalue weighted by Gasteiger charge is 2.17. The van der Waals surface area contributed by atoms with Gasteiger partial charge < -0.3 is 9.30 Å². The van der Waals surface area contributed by atoms with Gasteiger partial charge in [0.2, 0.25) is 0 Å². The highest BCUT2D eigenvalue weighted by Crippen LogP contribution is 2.26. The zero-order valence-electron chi connectivity index (χ0n) is 12.2. The Morgan fingerprint density at radius 1 is 1.10 bits per heavy atom. The molecule has 0 aliphatic heterocycles. The molecular formula is C18H17NO2. The van der Waals surface area contributed by atoms with E-state index in [9.17, 15) is 4.79 Å². The molecule has 0 saturated heterocycles. The summed E-state index contributed by atoms with van der Waals surface area (Å²) in [5.74, 6) is -0.296. The Labute approximate surface area is 123 Å². The van der Waals surface area contributed by atoms with Crippen LogP contribution in [0.3, 0.4) is 0 Å². The van der Waals surface area contributed by atoms with Crippen molar-refractivity contribution in [3.05, 3.63) is 65.9 Å². The maximum absolute atomic E-state index is 12.3. The summed E-state index contributed by atoms with van der Waals surface area (Å²) < 4.78 is 7.14. The van der Waals surface area contributed by atoms with Gasteiger partial charge in [-0.3, -0.25) is 0 Å². The normalized spacial score (nSPS) is 10.8. The Hall–Kier alpha value is -2.55. The predicted molar refractivity (Wildman–Crippen MR) is 84.0 cm³/mol. The molecule has 21 heavy (non-hydrogen) atoms. The summed E-state index contributed by atoms with van der Waals surface area (Å²) >= 11 is 0. The van der Waals surface area contributed by atoms with Gasteiger partial charge in [-0.25, -0.2) is 4.79 Å². The second-order valence-corrected chi connectivity index (χ2v) is 4.98. The van der Waals surface area contributed by atoms with Gasteiger partial charge in [-0.05, 0) is 44.2 Å². The Morgan fingerprint density at radius 3 is 2.57 bits per heavy atom. The number of para-hydroxylation sites is 1. The smallest absolute Gasteiger partial charge is 0.355 e. The van der Waals surface area contributed by atoms with Crippen molar-refractivity contribution in [3.8, 4) is 5.69 Å². The lowest BCUT2D eigenvalue weighted by Crippen LogP contribution is -2.10. The van der Waals surface area contributed by atoms with Crippen LogP contribution in [-0.2, 0) is 4.74 Å². The first-order valence-corrected chi connectivity index (χ1v) is 7.05. The first kappa shape index (κ1) is 13.4. The molecule has 1 heterocycles. The lowest BCUT2D eigenvalue weighted by molar-refractivity contribution is 0.0517. The summed E-state index contributed by atoms with van der Waals surface area (Å²) in [5, 5.41) is 1.04. The van der Waals surface area contributed by atoms with Crippen molar-refractivity contribution in [2.45, 2.75) is 13.8 Å². The molecule has 0 amide bonds. The van der Waals surface area contributed by atoms with Gasteiger partial charge >= 0.3 is 5.97 Å². The van der Waals surface area contributed by atoms with E-state index in [1.807, 2.05) is 60.9 Å². The van der Waals surface area contributed by atoms with Gasteiger partial charge in [-0.15, -0.1) is 0 Å². The molecule has 0 N–H and O–H groups in total. The van der Waals surface area contributed by atoms with Crippen LogP contribution < -0.4 is 0 Å². The molecule has 0 atom stereocenters. The zero-order chi connectivity index (χ0) is 14.8. The molecule has 3 rings (SSSR count). The highest BCUT2D eigenvalue weighted by molar-refractivity contribution is 5.97. The first-order valence-electron chi connectivity index (χ1n) is 7.05. The number of esters is 1. The van der Waals surface area contributed by atoms with E-state index in [4.69, 9.17) is 4.74 Å². The number of carbonyl (C=O) groups excluding carboxylic acids is 1. The highest BCUT2D eigenvalue weighted by atomic mass is 16.5. The van der Waals surface area contributed by atoms with Crippen molar-refractivity contribution in [3.63, 3.8) is 0 Å². The van der Waals surface area contributed by atoms with Gasteiger partial charge in [0.1, 0.15) is 5.69 Å². The summed E-state index contributed by atoms with van der Waals surface area (Å²) in [6, 6.07) is 17.9. The van der Waals surface area contributed by atoms with Gasteiger partial charge in [0.15, 0.2) is 0 Å². The summed E-state index contributed by atoms with van der Waals surface area (Å²) in [6.07, 6.45) is 0. The summed E-state index contributed by atoms with van der Waals surface area (Å²) in [4.78, 5) is 12.3. The van der Waals surface area contributed by atoms with Gasteiger partial charge in [0.05, 0.1) is 12.1 Å². The van der Waals surface area contributed by atoms with Crippen LogP contribution >= 0.6 is 0 Å². The molecule has 0 bridgehead atoms. The van der Waals surface area contributed by atoms with E-state index in [1.54, 1.807) is 0 Å². The van der Waals surface area contributed by atoms with E-state index in [0.29, 0.717) is 12.3 Å². The Morgan fingerprint density at radius 2 is 1.86 bits per heavy atom. The van der Waals surface area contributed by atoms with Crippen molar-refractivity contribution >= 4 is 16.9 Å². The molecule has 0 spiro atoms. The number of nitrogens with zero attached hydrogens (tertiary/aromatic N) is 1. The van der Waals surface area contributed by atoms with Crippen molar-refractivity contribution in [1.29, 1.82) is 0 Å². The average Bonchev–Trinajstić information content (AvgIpc) is 2.87. The van der Waals surface area contributed by atoms with Crippen molar-refractivity contribution in [2.24, 2.45) is 0 Å². The van der Waals surface area contributed by atoms with E-state index >= 15 is 0 Å². The second-order valence-electron chi connectivity index (χ2n) is 4.98. The topological polar surface area (TPSA) is 31.2 Å². The number of ether oxygens (including phenoxy) is 1. The monoisotopic (exact) mass is 279 g/mol. The SMILES string of the molecule is CCOC(=O)c1cc2cc(C)ccc2n1-c1ccccc1. The van der Waals surface area contributed by atoms with E-state index in [1.165, 1.54) is 5.56 Å². The number of carbonyl (C=O) groups is 1. The number of benzene rings is 2. The molecule has 0 aliphatic carbocycles. The van der Waals surface area contributed by atoms with Gasteiger partial charge in [-0.1, -0.05) is 29.8 Å². The van der Waals surface area contributed by atoms with Gasteiger partial charge in [0, 0.05) is 11.1 Å². The number of fused-ring (bicyclic) bond motifs is 1. The van der Waals surface area contributed by atoms with Crippen molar-refractivity contribution < 1.29 is 9.53 Å². The minimum atomic E-state index is -0.296. The summed E-state index contributed by atoms with van der Waals surface area (Å²) in [5.41, 5.74) is 3.70. The van der Waals surface area contributed by atoms with Crippen LogP contribution in [0.15, 0.2) is 54.6 Å². The third-order valence-electron chi connectivity index (χ3n) is 3.46. The molecule has 1 aromatic heterocycles. The summed E-state index contributed by atoms with van der Waals surface area (Å²) in [7, 11) is 0. The second kappa shape index (κ2) is 5.44. The predicted octanol–water partition coefficient (Wildman–Crippen LogP) is 4.12. The average molecular weight is 279 g/mol. The fourth-order valence-electron chi connectivity index (χ4n) is 2.55.